The minimum absolute atomic E-state index is 0.0987. The third kappa shape index (κ3) is 4.51. The third-order valence-corrected chi connectivity index (χ3v) is 2.35. The van der Waals surface area contributed by atoms with E-state index >= 15 is 0 Å². The van der Waals surface area contributed by atoms with Gasteiger partial charge in [-0.05, 0) is 32.9 Å². The van der Waals surface area contributed by atoms with E-state index in [2.05, 4.69) is 5.32 Å². The fourth-order valence-corrected chi connectivity index (χ4v) is 1.45. The van der Waals surface area contributed by atoms with Gasteiger partial charge >= 0.3 is 5.69 Å². The van der Waals surface area contributed by atoms with Crippen molar-refractivity contribution in [3.8, 4) is 5.75 Å². The molecule has 0 aromatic heterocycles. The quantitative estimate of drug-likeness (QED) is 0.606. The van der Waals surface area contributed by atoms with Crippen LogP contribution in [0.3, 0.4) is 0 Å². The van der Waals surface area contributed by atoms with Crippen molar-refractivity contribution in [1.82, 2.24) is 5.32 Å². The summed E-state index contributed by atoms with van der Waals surface area (Å²) >= 11 is 0. The number of nitrogens with two attached hydrogens (primary N) is 1. The van der Waals surface area contributed by atoms with E-state index in [1.54, 1.807) is 20.8 Å². The number of carbonyl (C=O) groups excluding carboxylic acids is 1. The number of ether oxygens (including phenoxy) is 1. The molecule has 1 amide bonds. The molecule has 1 aromatic carbocycles. The SMILES string of the molecule is CCNC(=O)c1ccc(OCC(C)(C)N)c([N+](=O)[O-])c1. The molecule has 0 spiro atoms. The van der Waals surface area contributed by atoms with Gasteiger partial charge < -0.3 is 15.8 Å². The average Bonchev–Trinajstić information content (AvgIpc) is 2.35. The summed E-state index contributed by atoms with van der Waals surface area (Å²) in [5, 5.41) is 13.6. The van der Waals surface area contributed by atoms with Crippen LogP contribution in [-0.4, -0.2) is 29.5 Å². The van der Waals surface area contributed by atoms with Crippen LogP contribution in [0.25, 0.3) is 0 Å². The first-order valence-electron chi connectivity index (χ1n) is 6.23. The maximum Gasteiger partial charge on any atom is 0.311 e. The van der Waals surface area contributed by atoms with Gasteiger partial charge in [0.15, 0.2) is 5.75 Å². The highest BCUT2D eigenvalue weighted by atomic mass is 16.6. The van der Waals surface area contributed by atoms with Crippen LogP contribution in [0.15, 0.2) is 18.2 Å². The fourth-order valence-electron chi connectivity index (χ4n) is 1.45. The van der Waals surface area contributed by atoms with Gasteiger partial charge in [0.05, 0.1) is 4.92 Å². The number of nitrogens with zero attached hydrogens (tertiary/aromatic N) is 1. The Morgan fingerprint density at radius 2 is 2.15 bits per heavy atom. The molecule has 7 heteroatoms. The van der Waals surface area contributed by atoms with Gasteiger partial charge in [0.1, 0.15) is 6.61 Å². The number of benzene rings is 1. The molecule has 7 nitrogen and oxygen atoms in total. The van der Waals surface area contributed by atoms with Crippen molar-refractivity contribution in [2.24, 2.45) is 5.73 Å². The van der Waals surface area contributed by atoms with Gasteiger partial charge in [-0.15, -0.1) is 0 Å². The molecule has 0 saturated heterocycles. The van der Waals surface area contributed by atoms with Crippen molar-refractivity contribution in [2.75, 3.05) is 13.2 Å². The van der Waals surface area contributed by atoms with Gasteiger partial charge in [-0.1, -0.05) is 0 Å². The van der Waals surface area contributed by atoms with Gasteiger partial charge in [-0.3, -0.25) is 14.9 Å². The van der Waals surface area contributed by atoms with Crippen molar-refractivity contribution >= 4 is 11.6 Å². The minimum atomic E-state index is -0.605. The number of nitro benzene ring substituents is 1. The van der Waals surface area contributed by atoms with E-state index in [1.165, 1.54) is 18.2 Å². The summed E-state index contributed by atoms with van der Waals surface area (Å²) < 4.78 is 5.36. The zero-order valence-electron chi connectivity index (χ0n) is 11.8. The molecule has 1 rings (SSSR count). The molecule has 110 valence electrons. The lowest BCUT2D eigenvalue weighted by atomic mass is 10.1. The molecule has 0 fully saturated rings. The normalized spacial score (nSPS) is 11.0. The summed E-state index contributed by atoms with van der Waals surface area (Å²) in [6, 6.07) is 4.09. The summed E-state index contributed by atoms with van der Waals surface area (Å²) in [5.74, 6) is -0.261. The van der Waals surface area contributed by atoms with Gasteiger partial charge in [-0.25, -0.2) is 0 Å². The summed E-state index contributed by atoms with van der Waals surface area (Å²) in [4.78, 5) is 22.1. The molecule has 0 aliphatic rings. The fraction of sp³-hybridized carbons (Fsp3) is 0.462. The predicted molar refractivity (Wildman–Crippen MR) is 74.9 cm³/mol. The van der Waals surface area contributed by atoms with E-state index in [-0.39, 0.29) is 29.5 Å². The lowest BCUT2D eigenvalue weighted by Crippen LogP contribution is -2.38. The smallest absolute Gasteiger partial charge is 0.311 e. The zero-order valence-corrected chi connectivity index (χ0v) is 11.8. The standard InChI is InChI=1S/C13H19N3O4/c1-4-15-12(17)9-5-6-11(10(7-9)16(18)19)20-8-13(2,3)14/h5-7H,4,8,14H2,1-3H3,(H,15,17). The van der Waals surface area contributed by atoms with Crippen LogP contribution in [0.5, 0.6) is 5.75 Å². The Hall–Kier alpha value is -2.15. The van der Waals surface area contributed by atoms with Crippen LogP contribution in [0.4, 0.5) is 5.69 Å². The third-order valence-electron chi connectivity index (χ3n) is 2.35. The molecule has 3 N–H and O–H groups in total. The number of nitro groups is 1. The molecule has 0 aliphatic carbocycles. The summed E-state index contributed by atoms with van der Waals surface area (Å²) in [5.41, 5.74) is 5.13. The van der Waals surface area contributed by atoms with Crippen molar-refractivity contribution in [2.45, 2.75) is 26.3 Å². The summed E-state index contributed by atoms with van der Waals surface area (Å²) in [6.45, 7) is 5.86. The molecule has 0 saturated carbocycles. The van der Waals surface area contributed by atoms with Gasteiger partial charge in [-0.2, -0.15) is 0 Å². The first-order chi connectivity index (χ1) is 9.24. The molecule has 0 radical (unpaired) electrons. The topological polar surface area (TPSA) is 107 Å². The van der Waals surface area contributed by atoms with Crippen molar-refractivity contribution in [3.05, 3.63) is 33.9 Å². The largest absolute Gasteiger partial charge is 0.485 e. The van der Waals surface area contributed by atoms with Crippen LogP contribution in [0.1, 0.15) is 31.1 Å². The van der Waals surface area contributed by atoms with E-state index in [0.29, 0.717) is 6.54 Å². The van der Waals surface area contributed by atoms with Crippen molar-refractivity contribution < 1.29 is 14.5 Å². The van der Waals surface area contributed by atoms with E-state index in [4.69, 9.17) is 10.5 Å². The van der Waals surface area contributed by atoms with Crippen LogP contribution in [0, 0.1) is 10.1 Å². The average molecular weight is 281 g/mol. The molecule has 20 heavy (non-hydrogen) atoms. The lowest BCUT2D eigenvalue weighted by Gasteiger charge is -2.19. The second-order valence-corrected chi connectivity index (χ2v) is 5.08. The van der Waals surface area contributed by atoms with Gasteiger partial charge in [0.25, 0.3) is 5.91 Å². The van der Waals surface area contributed by atoms with E-state index in [9.17, 15) is 14.9 Å². The Morgan fingerprint density at radius 3 is 2.65 bits per heavy atom. The zero-order chi connectivity index (χ0) is 15.3. The first kappa shape index (κ1) is 15.9. The lowest BCUT2D eigenvalue weighted by molar-refractivity contribution is -0.385. The maximum absolute atomic E-state index is 11.7. The molecule has 0 heterocycles. The molecular weight excluding hydrogens is 262 g/mol. The maximum atomic E-state index is 11.7. The van der Waals surface area contributed by atoms with Crippen molar-refractivity contribution in [3.63, 3.8) is 0 Å². The molecule has 0 aliphatic heterocycles. The van der Waals surface area contributed by atoms with E-state index < -0.39 is 10.5 Å². The highest BCUT2D eigenvalue weighted by molar-refractivity contribution is 5.95. The Kier molecular flexibility index (Phi) is 5.04. The monoisotopic (exact) mass is 281 g/mol. The Morgan fingerprint density at radius 1 is 1.50 bits per heavy atom. The van der Waals surface area contributed by atoms with Crippen LogP contribution < -0.4 is 15.8 Å². The van der Waals surface area contributed by atoms with Gasteiger partial charge in [0, 0.05) is 23.7 Å². The second-order valence-electron chi connectivity index (χ2n) is 5.08. The summed E-state index contributed by atoms with van der Waals surface area (Å²) in [7, 11) is 0. The minimum Gasteiger partial charge on any atom is -0.485 e. The molecular formula is C13H19N3O4. The molecule has 0 unspecified atom stereocenters. The Bertz CT molecular complexity index is 509. The number of hydrogen-bond acceptors (Lipinski definition) is 5. The number of nitrogens with one attached hydrogen (secondary N) is 1. The number of amides is 1. The van der Waals surface area contributed by atoms with E-state index in [1.807, 2.05) is 0 Å². The van der Waals surface area contributed by atoms with Gasteiger partial charge in [0.2, 0.25) is 0 Å². The Labute approximate surface area is 117 Å². The number of hydrogen-bond donors (Lipinski definition) is 2. The predicted octanol–water partition coefficient (Wildman–Crippen LogP) is 1.46. The van der Waals surface area contributed by atoms with E-state index in [0.717, 1.165) is 0 Å². The second kappa shape index (κ2) is 6.33. The molecule has 0 atom stereocenters. The molecule has 0 bridgehead atoms. The first-order valence-corrected chi connectivity index (χ1v) is 6.23. The Balaban J connectivity index is 3.02. The number of carbonyl (C=O) groups is 1. The molecule has 1 aromatic rings. The van der Waals surface area contributed by atoms with Crippen LogP contribution in [-0.2, 0) is 0 Å². The number of rotatable bonds is 6. The van der Waals surface area contributed by atoms with Crippen molar-refractivity contribution in [1.29, 1.82) is 0 Å². The summed E-state index contributed by atoms with van der Waals surface area (Å²) in [6.07, 6.45) is 0. The van der Waals surface area contributed by atoms with Crippen LogP contribution in [0.2, 0.25) is 0 Å². The highest BCUT2D eigenvalue weighted by Gasteiger charge is 2.20. The van der Waals surface area contributed by atoms with Crippen LogP contribution >= 0.6 is 0 Å². The highest BCUT2D eigenvalue weighted by Crippen LogP contribution is 2.28.